The molecule has 0 fully saturated rings. The summed E-state index contributed by atoms with van der Waals surface area (Å²) in [5.41, 5.74) is 7.36. The first-order chi connectivity index (χ1) is 5.16. The lowest BCUT2D eigenvalue weighted by Crippen LogP contribution is -2.25. The van der Waals surface area contributed by atoms with E-state index in [1.807, 2.05) is 13.8 Å². The van der Waals surface area contributed by atoms with E-state index in [-0.39, 0.29) is 12.0 Å². The molecule has 0 unspecified atom stereocenters. The summed E-state index contributed by atoms with van der Waals surface area (Å²) in [6.45, 7) is 4.01. The van der Waals surface area contributed by atoms with Crippen molar-refractivity contribution >= 4 is 5.91 Å². The molecule has 0 saturated heterocycles. The predicted octanol–water partition coefficient (Wildman–Crippen LogP) is -0.0425. The number of hydroxylamine groups is 1. The summed E-state index contributed by atoms with van der Waals surface area (Å²) in [4.78, 5) is 15.5. The maximum atomic E-state index is 10.7. The van der Waals surface area contributed by atoms with E-state index in [4.69, 9.17) is 10.6 Å². The summed E-state index contributed by atoms with van der Waals surface area (Å²) in [6.07, 6.45) is 2.88. The van der Waals surface area contributed by atoms with E-state index in [1.165, 1.54) is 6.08 Å². The number of hydrogen-bond acceptors (Lipinski definition) is 3. The van der Waals surface area contributed by atoms with Crippen molar-refractivity contribution in [3.63, 3.8) is 0 Å². The fourth-order valence-electron chi connectivity index (χ4n) is 0.385. The molecule has 0 atom stereocenters. The van der Waals surface area contributed by atoms with Gasteiger partial charge in [-0.05, 0) is 13.8 Å². The Balaban J connectivity index is 3.45. The van der Waals surface area contributed by atoms with Crippen molar-refractivity contribution in [1.29, 1.82) is 0 Å². The second kappa shape index (κ2) is 5.88. The van der Waals surface area contributed by atoms with Crippen LogP contribution in [0.3, 0.4) is 0 Å². The maximum absolute atomic E-state index is 10.7. The first-order valence-corrected chi connectivity index (χ1v) is 3.49. The Kier molecular flexibility index (Phi) is 5.42. The smallest absolute Gasteiger partial charge is 0.267 e. The minimum absolute atomic E-state index is 0.00905. The molecule has 0 bridgehead atoms. The predicted molar refractivity (Wildman–Crippen MR) is 42.6 cm³/mol. The SMILES string of the molecule is CC(C)ONC(=O)/C=C/CN. The second-order valence-electron chi connectivity index (χ2n) is 2.27. The molecule has 0 aromatic heterocycles. The molecule has 4 heteroatoms. The number of nitrogens with two attached hydrogens (primary N) is 1. The fourth-order valence-corrected chi connectivity index (χ4v) is 0.385. The molecule has 3 N–H and O–H groups in total. The largest absolute Gasteiger partial charge is 0.327 e. The Morgan fingerprint density at radius 1 is 1.73 bits per heavy atom. The van der Waals surface area contributed by atoms with E-state index < -0.39 is 0 Å². The molecular formula is C7H14N2O2. The van der Waals surface area contributed by atoms with Crippen molar-refractivity contribution in [3.8, 4) is 0 Å². The third-order valence-electron chi connectivity index (χ3n) is 0.801. The molecule has 1 amide bonds. The first kappa shape index (κ1) is 10.1. The maximum Gasteiger partial charge on any atom is 0.267 e. The molecule has 0 aromatic rings. The Morgan fingerprint density at radius 2 is 2.36 bits per heavy atom. The first-order valence-electron chi connectivity index (χ1n) is 3.49. The normalized spacial score (nSPS) is 10.9. The lowest BCUT2D eigenvalue weighted by atomic mass is 10.5. The monoisotopic (exact) mass is 158 g/mol. The number of nitrogens with one attached hydrogen (secondary N) is 1. The summed E-state index contributed by atoms with van der Waals surface area (Å²) < 4.78 is 0. The van der Waals surface area contributed by atoms with Gasteiger partial charge in [0, 0.05) is 12.6 Å². The molecule has 0 spiro atoms. The summed E-state index contributed by atoms with van der Waals surface area (Å²) >= 11 is 0. The van der Waals surface area contributed by atoms with Gasteiger partial charge in [0.15, 0.2) is 0 Å². The molecular weight excluding hydrogens is 144 g/mol. The van der Waals surface area contributed by atoms with Crippen molar-refractivity contribution < 1.29 is 9.63 Å². The minimum atomic E-state index is -0.288. The van der Waals surface area contributed by atoms with Crippen LogP contribution < -0.4 is 11.2 Å². The molecule has 0 radical (unpaired) electrons. The summed E-state index contributed by atoms with van der Waals surface area (Å²) in [5, 5.41) is 0. The Labute approximate surface area is 66.4 Å². The van der Waals surface area contributed by atoms with Crippen LogP contribution in [0.15, 0.2) is 12.2 Å². The third kappa shape index (κ3) is 7.02. The van der Waals surface area contributed by atoms with Gasteiger partial charge >= 0.3 is 0 Å². The zero-order valence-electron chi connectivity index (χ0n) is 6.83. The lowest BCUT2D eigenvalue weighted by molar-refractivity contribution is -0.131. The van der Waals surface area contributed by atoms with Gasteiger partial charge in [-0.3, -0.25) is 9.63 Å². The van der Waals surface area contributed by atoms with E-state index in [9.17, 15) is 4.79 Å². The van der Waals surface area contributed by atoms with Gasteiger partial charge in [0.25, 0.3) is 5.91 Å². The van der Waals surface area contributed by atoms with Gasteiger partial charge in [-0.2, -0.15) is 0 Å². The Hall–Kier alpha value is -0.870. The van der Waals surface area contributed by atoms with Gasteiger partial charge in [0.1, 0.15) is 0 Å². The van der Waals surface area contributed by atoms with Crippen LogP contribution in [0.2, 0.25) is 0 Å². The van der Waals surface area contributed by atoms with E-state index in [2.05, 4.69) is 5.48 Å². The van der Waals surface area contributed by atoms with Crippen LogP contribution in [0.1, 0.15) is 13.8 Å². The molecule has 0 heterocycles. The van der Waals surface area contributed by atoms with Crippen LogP contribution in [0.25, 0.3) is 0 Å². The number of carbonyl (C=O) groups excluding carboxylic acids is 1. The average molecular weight is 158 g/mol. The van der Waals surface area contributed by atoms with Gasteiger partial charge in [-0.15, -0.1) is 0 Å². The van der Waals surface area contributed by atoms with Crippen molar-refractivity contribution in [2.45, 2.75) is 20.0 Å². The van der Waals surface area contributed by atoms with Crippen LogP contribution in [0.4, 0.5) is 0 Å². The summed E-state index contributed by atoms with van der Waals surface area (Å²) in [7, 11) is 0. The summed E-state index contributed by atoms with van der Waals surface area (Å²) in [5.74, 6) is -0.288. The number of rotatable bonds is 4. The second-order valence-corrected chi connectivity index (χ2v) is 2.27. The fraction of sp³-hybridized carbons (Fsp3) is 0.571. The standard InChI is InChI=1S/C7H14N2O2/c1-6(2)11-9-7(10)4-3-5-8/h3-4,6H,5,8H2,1-2H3,(H,9,10)/b4-3+. The van der Waals surface area contributed by atoms with Crippen molar-refractivity contribution in [1.82, 2.24) is 5.48 Å². The number of hydrogen-bond donors (Lipinski definition) is 2. The minimum Gasteiger partial charge on any atom is -0.327 e. The highest BCUT2D eigenvalue weighted by Crippen LogP contribution is 1.82. The quantitative estimate of drug-likeness (QED) is 0.445. The van der Waals surface area contributed by atoms with Crippen LogP contribution in [-0.2, 0) is 9.63 Å². The van der Waals surface area contributed by atoms with Gasteiger partial charge in [0.2, 0.25) is 0 Å². The van der Waals surface area contributed by atoms with E-state index in [1.54, 1.807) is 6.08 Å². The molecule has 0 aromatic carbocycles. The van der Waals surface area contributed by atoms with Crippen LogP contribution >= 0.6 is 0 Å². The molecule has 11 heavy (non-hydrogen) atoms. The molecule has 64 valence electrons. The van der Waals surface area contributed by atoms with Gasteiger partial charge in [-0.25, -0.2) is 5.48 Å². The Morgan fingerprint density at radius 3 is 2.82 bits per heavy atom. The van der Waals surface area contributed by atoms with E-state index in [0.717, 1.165) is 0 Å². The lowest BCUT2D eigenvalue weighted by Gasteiger charge is -2.05. The zero-order valence-corrected chi connectivity index (χ0v) is 6.83. The number of carbonyl (C=O) groups is 1. The van der Waals surface area contributed by atoms with Gasteiger partial charge < -0.3 is 5.73 Å². The van der Waals surface area contributed by atoms with Crippen LogP contribution in [0, 0.1) is 0 Å². The molecule has 0 aliphatic rings. The van der Waals surface area contributed by atoms with Gasteiger partial charge in [0.05, 0.1) is 6.10 Å². The molecule has 0 aliphatic carbocycles. The highest BCUT2D eigenvalue weighted by molar-refractivity contribution is 5.86. The number of amides is 1. The van der Waals surface area contributed by atoms with Crippen molar-refractivity contribution in [3.05, 3.63) is 12.2 Å². The zero-order chi connectivity index (χ0) is 8.69. The highest BCUT2D eigenvalue weighted by atomic mass is 16.7. The van der Waals surface area contributed by atoms with Gasteiger partial charge in [-0.1, -0.05) is 6.08 Å². The van der Waals surface area contributed by atoms with Crippen molar-refractivity contribution in [2.75, 3.05) is 6.54 Å². The molecule has 0 rings (SSSR count). The average Bonchev–Trinajstić information content (AvgIpc) is 1.97. The van der Waals surface area contributed by atoms with Crippen LogP contribution in [-0.4, -0.2) is 18.6 Å². The third-order valence-corrected chi connectivity index (χ3v) is 0.801. The highest BCUT2D eigenvalue weighted by Gasteiger charge is 1.95. The van der Waals surface area contributed by atoms with Crippen LogP contribution in [0.5, 0.6) is 0 Å². The molecule has 0 aliphatic heterocycles. The summed E-state index contributed by atoms with van der Waals surface area (Å²) in [6, 6.07) is 0. The Bertz CT molecular complexity index is 143. The molecule has 0 saturated carbocycles. The van der Waals surface area contributed by atoms with E-state index >= 15 is 0 Å². The van der Waals surface area contributed by atoms with Crippen molar-refractivity contribution in [2.24, 2.45) is 5.73 Å². The topological polar surface area (TPSA) is 64.3 Å². The van der Waals surface area contributed by atoms with E-state index in [0.29, 0.717) is 6.54 Å². The molecule has 4 nitrogen and oxygen atoms in total.